The lowest BCUT2D eigenvalue weighted by molar-refractivity contribution is 0.374. The number of nitrogens with zero attached hydrogens (tertiary/aromatic N) is 2. The lowest BCUT2D eigenvalue weighted by Crippen LogP contribution is -2.16. The predicted octanol–water partition coefficient (Wildman–Crippen LogP) is 8.56. The van der Waals surface area contributed by atoms with Gasteiger partial charge in [0.2, 0.25) is 11.8 Å². The first-order chi connectivity index (χ1) is 17.6. The molecule has 0 radical (unpaired) electrons. The van der Waals surface area contributed by atoms with E-state index in [2.05, 4.69) is 96.7 Å². The largest absolute Gasteiger partial charge is 0.440 e. The summed E-state index contributed by atoms with van der Waals surface area (Å²) in [6.45, 7) is 15.5. The SMILES string of the molecule is CCC(C)(C)c1nc2ccc(-c3ccc4nc(-c5ccc(C(C)(C)CC)c(C)c5)oc4c3)cc2o1.CN. The zero-order valence-electron chi connectivity index (χ0n) is 23.4. The van der Waals surface area contributed by atoms with Crippen LogP contribution in [0.3, 0.4) is 0 Å². The molecular weight excluding hydrogens is 458 g/mol. The molecule has 0 aliphatic rings. The van der Waals surface area contributed by atoms with Crippen molar-refractivity contribution in [1.82, 2.24) is 9.97 Å². The van der Waals surface area contributed by atoms with E-state index in [9.17, 15) is 0 Å². The summed E-state index contributed by atoms with van der Waals surface area (Å²) in [5.74, 6) is 1.43. The summed E-state index contributed by atoms with van der Waals surface area (Å²) in [6, 6.07) is 18.9. The Morgan fingerprint density at radius 2 is 1.22 bits per heavy atom. The molecule has 0 atom stereocenters. The molecule has 5 rings (SSSR count). The van der Waals surface area contributed by atoms with Gasteiger partial charge in [-0.05, 0) is 90.9 Å². The number of hydrogen-bond donors (Lipinski definition) is 1. The Morgan fingerprint density at radius 3 is 1.78 bits per heavy atom. The van der Waals surface area contributed by atoms with Crippen molar-refractivity contribution in [2.24, 2.45) is 5.73 Å². The number of fused-ring (bicyclic) bond motifs is 2. The fraction of sp³-hybridized carbons (Fsp3) is 0.375. The van der Waals surface area contributed by atoms with Crippen molar-refractivity contribution < 1.29 is 8.83 Å². The molecule has 0 saturated carbocycles. The first kappa shape index (κ1) is 26.6. The maximum Gasteiger partial charge on any atom is 0.227 e. The van der Waals surface area contributed by atoms with Crippen LogP contribution in [-0.4, -0.2) is 17.0 Å². The molecule has 0 amide bonds. The number of rotatable bonds is 6. The van der Waals surface area contributed by atoms with Gasteiger partial charge in [-0.2, -0.15) is 0 Å². The van der Waals surface area contributed by atoms with Gasteiger partial charge in [-0.25, -0.2) is 9.97 Å². The minimum absolute atomic E-state index is 0.0861. The maximum absolute atomic E-state index is 6.23. The van der Waals surface area contributed by atoms with Crippen molar-refractivity contribution in [3.63, 3.8) is 0 Å². The molecule has 0 unspecified atom stereocenters. The predicted molar refractivity (Wildman–Crippen MR) is 154 cm³/mol. The number of nitrogens with two attached hydrogens (primary N) is 1. The average molecular weight is 498 g/mol. The molecule has 3 aromatic carbocycles. The maximum atomic E-state index is 6.23. The molecule has 0 aliphatic heterocycles. The molecule has 194 valence electrons. The Morgan fingerprint density at radius 1 is 0.676 bits per heavy atom. The summed E-state index contributed by atoms with van der Waals surface area (Å²) in [5, 5.41) is 0. The quantitative estimate of drug-likeness (QED) is 0.254. The van der Waals surface area contributed by atoms with Crippen molar-refractivity contribution in [3.05, 3.63) is 71.6 Å². The van der Waals surface area contributed by atoms with E-state index in [1.807, 2.05) is 12.1 Å². The third kappa shape index (κ3) is 5.05. The van der Waals surface area contributed by atoms with Crippen molar-refractivity contribution >= 4 is 22.2 Å². The van der Waals surface area contributed by atoms with Crippen LogP contribution in [0.4, 0.5) is 0 Å². The van der Waals surface area contributed by atoms with E-state index in [0.717, 1.165) is 57.6 Å². The summed E-state index contributed by atoms with van der Waals surface area (Å²) < 4.78 is 12.4. The smallest absolute Gasteiger partial charge is 0.227 e. The molecule has 5 heteroatoms. The molecule has 0 fully saturated rings. The Bertz CT molecular complexity index is 1540. The van der Waals surface area contributed by atoms with Gasteiger partial charge >= 0.3 is 0 Å². The number of aromatic nitrogens is 2. The van der Waals surface area contributed by atoms with Gasteiger partial charge in [0, 0.05) is 11.0 Å². The molecule has 5 nitrogen and oxygen atoms in total. The van der Waals surface area contributed by atoms with E-state index in [-0.39, 0.29) is 10.8 Å². The minimum Gasteiger partial charge on any atom is -0.440 e. The second kappa shape index (κ2) is 10.1. The Balaban J connectivity index is 0.00000156. The molecule has 0 spiro atoms. The summed E-state index contributed by atoms with van der Waals surface area (Å²) >= 11 is 0. The van der Waals surface area contributed by atoms with Crippen molar-refractivity contribution in [2.45, 2.75) is 72.1 Å². The van der Waals surface area contributed by atoms with Gasteiger partial charge in [-0.15, -0.1) is 0 Å². The topological polar surface area (TPSA) is 78.1 Å². The Hall–Kier alpha value is -3.44. The van der Waals surface area contributed by atoms with Gasteiger partial charge in [0.05, 0.1) is 0 Å². The van der Waals surface area contributed by atoms with Crippen LogP contribution in [0.1, 0.15) is 71.4 Å². The second-order valence-corrected chi connectivity index (χ2v) is 10.9. The highest BCUT2D eigenvalue weighted by Crippen LogP contribution is 2.35. The van der Waals surface area contributed by atoms with E-state index >= 15 is 0 Å². The third-order valence-corrected chi connectivity index (χ3v) is 7.66. The van der Waals surface area contributed by atoms with Gasteiger partial charge in [0.15, 0.2) is 11.2 Å². The van der Waals surface area contributed by atoms with Gasteiger partial charge in [0.25, 0.3) is 0 Å². The lowest BCUT2D eigenvalue weighted by Gasteiger charge is -2.25. The molecule has 2 aromatic heterocycles. The summed E-state index contributed by atoms with van der Waals surface area (Å²) in [6.07, 6.45) is 2.06. The standard InChI is InChI=1S/C31H34N2O2.CH5N/c1-8-30(4,5)23-13-10-22(16-19(23)3)28-32-24-14-11-20(17-26(24)34-28)21-12-15-25-27(18-21)35-29(33-25)31(6,7)9-2;1-2/h10-18H,8-9H2,1-7H3;2H2,1H3. The second-order valence-electron chi connectivity index (χ2n) is 10.9. The van der Waals surface area contributed by atoms with E-state index in [4.69, 9.17) is 18.8 Å². The van der Waals surface area contributed by atoms with Gasteiger partial charge in [0.1, 0.15) is 11.0 Å². The normalized spacial score (nSPS) is 12.1. The first-order valence-electron chi connectivity index (χ1n) is 13.1. The van der Waals surface area contributed by atoms with Crippen LogP contribution >= 0.6 is 0 Å². The van der Waals surface area contributed by atoms with Crippen LogP contribution in [0.15, 0.2) is 63.4 Å². The van der Waals surface area contributed by atoms with Crippen LogP contribution in [-0.2, 0) is 10.8 Å². The van der Waals surface area contributed by atoms with E-state index in [1.54, 1.807) is 0 Å². The molecule has 0 aliphatic carbocycles. The molecular formula is C32H39N3O2. The third-order valence-electron chi connectivity index (χ3n) is 7.66. The van der Waals surface area contributed by atoms with Crippen molar-refractivity contribution in [1.29, 1.82) is 0 Å². The minimum atomic E-state index is -0.0861. The summed E-state index contributed by atoms with van der Waals surface area (Å²) in [4.78, 5) is 9.48. The van der Waals surface area contributed by atoms with Crippen LogP contribution in [0.2, 0.25) is 0 Å². The zero-order chi connectivity index (χ0) is 27.0. The van der Waals surface area contributed by atoms with Crippen LogP contribution in [0.5, 0.6) is 0 Å². The highest BCUT2D eigenvalue weighted by atomic mass is 16.4. The number of oxazole rings is 2. The monoisotopic (exact) mass is 497 g/mol. The van der Waals surface area contributed by atoms with Crippen LogP contribution in [0, 0.1) is 6.92 Å². The molecule has 5 aromatic rings. The molecule has 37 heavy (non-hydrogen) atoms. The van der Waals surface area contributed by atoms with Crippen molar-refractivity contribution in [2.75, 3.05) is 7.05 Å². The van der Waals surface area contributed by atoms with E-state index < -0.39 is 0 Å². The highest BCUT2D eigenvalue weighted by Gasteiger charge is 2.25. The number of benzene rings is 3. The van der Waals surface area contributed by atoms with Crippen molar-refractivity contribution in [3.8, 4) is 22.6 Å². The molecule has 0 saturated heterocycles. The van der Waals surface area contributed by atoms with Crippen LogP contribution < -0.4 is 5.73 Å². The molecule has 0 bridgehead atoms. The Labute approximate surface area is 220 Å². The zero-order valence-corrected chi connectivity index (χ0v) is 23.4. The fourth-order valence-corrected chi connectivity index (χ4v) is 4.52. The lowest BCUT2D eigenvalue weighted by atomic mass is 9.79. The molecule has 2 heterocycles. The highest BCUT2D eigenvalue weighted by molar-refractivity contribution is 5.85. The van der Waals surface area contributed by atoms with Gasteiger partial charge < -0.3 is 14.6 Å². The average Bonchev–Trinajstić information content (AvgIpc) is 3.53. The molecule has 2 N–H and O–H groups in total. The van der Waals surface area contributed by atoms with E-state index in [0.29, 0.717) is 5.89 Å². The number of hydrogen-bond acceptors (Lipinski definition) is 5. The first-order valence-corrected chi connectivity index (χ1v) is 13.1. The van der Waals surface area contributed by atoms with E-state index in [1.165, 1.54) is 18.2 Å². The summed E-state index contributed by atoms with van der Waals surface area (Å²) in [7, 11) is 1.50. The van der Waals surface area contributed by atoms with Gasteiger partial charge in [-0.3, -0.25) is 0 Å². The fourth-order valence-electron chi connectivity index (χ4n) is 4.52. The summed E-state index contributed by atoms with van der Waals surface area (Å²) in [5.41, 5.74) is 13.7. The van der Waals surface area contributed by atoms with Crippen LogP contribution in [0.25, 0.3) is 44.8 Å². The number of aryl methyl sites for hydroxylation is 1. The van der Waals surface area contributed by atoms with Gasteiger partial charge in [-0.1, -0.05) is 59.7 Å². The Kier molecular flexibility index (Phi) is 7.29.